The zero-order valence-corrected chi connectivity index (χ0v) is 12.0. The van der Waals surface area contributed by atoms with Gasteiger partial charge in [0.15, 0.2) is 0 Å². The molecule has 0 saturated carbocycles. The molecule has 0 unspecified atom stereocenters. The van der Waals surface area contributed by atoms with Crippen molar-refractivity contribution in [2.45, 2.75) is 6.92 Å². The van der Waals surface area contributed by atoms with E-state index in [1.165, 1.54) is 0 Å². The summed E-state index contributed by atoms with van der Waals surface area (Å²) in [5.74, 6) is -0.474. The quantitative estimate of drug-likeness (QED) is 0.484. The molecule has 1 heterocycles. The third kappa shape index (κ3) is 3.05. The van der Waals surface area contributed by atoms with Crippen molar-refractivity contribution in [1.29, 1.82) is 0 Å². The smallest absolute Gasteiger partial charge is 0.312 e. The first kappa shape index (κ1) is 13.0. The summed E-state index contributed by atoms with van der Waals surface area (Å²) in [7, 11) is 0. The molecule has 0 aliphatic rings. The molecular weight excluding hydrogens is 314 g/mol. The molecule has 0 N–H and O–H groups in total. The normalized spacial score (nSPS) is 11.3. The zero-order chi connectivity index (χ0) is 13.0. The Balaban J connectivity index is 2.09. The van der Waals surface area contributed by atoms with Crippen LogP contribution in [-0.2, 0) is 4.84 Å². The summed E-state index contributed by atoms with van der Waals surface area (Å²) < 4.78 is 0.693. The largest absolute Gasteiger partial charge is 0.366 e. The molecule has 1 aromatic carbocycles. The topological polar surface area (TPSA) is 38.7 Å². The lowest BCUT2D eigenvalue weighted by Gasteiger charge is -2.01. The van der Waals surface area contributed by atoms with Crippen molar-refractivity contribution in [3.63, 3.8) is 0 Å². The Bertz CT molecular complexity index is 578. The molecule has 0 bridgehead atoms. The van der Waals surface area contributed by atoms with Crippen LogP contribution in [0, 0.1) is 0 Å². The summed E-state index contributed by atoms with van der Waals surface area (Å²) in [5.41, 5.74) is 1.14. The predicted octanol–water partition coefficient (Wildman–Crippen LogP) is 4.09. The highest BCUT2D eigenvalue weighted by atomic mass is 79.9. The molecule has 5 heteroatoms. The standard InChI is InChI=1S/C13H10BrNO2S/c1-9(12-7-4-8-18-12)15-17-13(16)10-5-2-3-6-11(10)14/h2-8H,1H3/b15-9-. The highest BCUT2D eigenvalue weighted by Crippen LogP contribution is 2.17. The Kier molecular flexibility index (Phi) is 4.28. The van der Waals surface area contributed by atoms with Crippen molar-refractivity contribution >= 4 is 38.9 Å². The minimum Gasteiger partial charge on any atom is -0.312 e. The monoisotopic (exact) mass is 323 g/mol. The van der Waals surface area contributed by atoms with Crippen molar-refractivity contribution < 1.29 is 9.63 Å². The van der Waals surface area contributed by atoms with Gasteiger partial charge < -0.3 is 4.84 Å². The van der Waals surface area contributed by atoms with Gasteiger partial charge in [0.2, 0.25) is 0 Å². The molecule has 0 aliphatic heterocycles. The van der Waals surface area contributed by atoms with E-state index in [-0.39, 0.29) is 0 Å². The molecule has 3 nitrogen and oxygen atoms in total. The fourth-order valence-electron chi connectivity index (χ4n) is 1.32. The van der Waals surface area contributed by atoms with Gasteiger partial charge >= 0.3 is 5.97 Å². The molecule has 0 amide bonds. The number of carbonyl (C=O) groups is 1. The Labute approximate surface area is 117 Å². The van der Waals surface area contributed by atoms with Crippen molar-refractivity contribution in [2.24, 2.45) is 5.16 Å². The number of carbonyl (C=O) groups excluding carboxylic acids is 1. The van der Waals surface area contributed by atoms with E-state index in [1.54, 1.807) is 36.5 Å². The van der Waals surface area contributed by atoms with Crippen LogP contribution in [0.3, 0.4) is 0 Å². The van der Waals surface area contributed by atoms with Crippen LogP contribution in [-0.4, -0.2) is 11.7 Å². The zero-order valence-electron chi connectivity index (χ0n) is 9.59. The molecule has 0 aliphatic carbocycles. The molecule has 0 saturated heterocycles. The fourth-order valence-corrected chi connectivity index (χ4v) is 2.43. The predicted molar refractivity (Wildman–Crippen MR) is 76.1 cm³/mol. The first-order chi connectivity index (χ1) is 8.68. The minimum atomic E-state index is -0.474. The molecule has 18 heavy (non-hydrogen) atoms. The maximum atomic E-state index is 11.8. The van der Waals surface area contributed by atoms with Crippen LogP contribution in [0.2, 0.25) is 0 Å². The van der Waals surface area contributed by atoms with Gasteiger partial charge in [-0.15, -0.1) is 11.3 Å². The van der Waals surface area contributed by atoms with Crippen molar-refractivity contribution in [3.05, 3.63) is 56.7 Å². The minimum absolute atomic E-state index is 0.459. The number of oxime groups is 1. The fraction of sp³-hybridized carbons (Fsp3) is 0.0769. The number of halogens is 1. The second kappa shape index (κ2) is 5.93. The maximum absolute atomic E-state index is 11.8. The van der Waals surface area contributed by atoms with E-state index in [0.29, 0.717) is 15.7 Å². The van der Waals surface area contributed by atoms with Gasteiger partial charge in [-0.1, -0.05) is 23.4 Å². The van der Waals surface area contributed by atoms with Gasteiger partial charge in [-0.05, 0) is 46.4 Å². The molecular formula is C13H10BrNO2S. The van der Waals surface area contributed by atoms with E-state index >= 15 is 0 Å². The van der Waals surface area contributed by atoms with Crippen LogP contribution in [0.1, 0.15) is 22.2 Å². The van der Waals surface area contributed by atoms with Gasteiger partial charge in [0.25, 0.3) is 0 Å². The molecule has 92 valence electrons. The number of thiophene rings is 1. The summed E-state index contributed by atoms with van der Waals surface area (Å²) >= 11 is 4.85. The molecule has 1 aromatic heterocycles. The summed E-state index contributed by atoms with van der Waals surface area (Å²) in [6.07, 6.45) is 0. The van der Waals surface area contributed by atoms with E-state index in [1.807, 2.05) is 23.6 Å². The Morgan fingerprint density at radius 3 is 2.72 bits per heavy atom. The number of rotatable bonds is 3. The summed E-state index contributed by atoms with van der Waals surface area (Å²) in [6, 6.07) is 10.9. The Morgan fingerprint density at radius 1 is 1.28 bits per heavy atom. The van der Waals surface area contributed by atoms with Gasteiger partial charge in [-0.25, -0.2) is 4.79 Å². The van der Waals surface area contributed by atoms with Gasteiger partial charge in [-0.3, -0.25) is 0 Å². The van der Waals surface area contributed by atoms with Crippen LogP contribution in [0.5, 0.6) is 0 Å². The van der Waals surface area contributed by atoms with Gasteiger partial charge in [0.05, 0.1) is 16.2 Å². The average molecular weight is 324 g/mol. The molecule has 2 aromatic rings. The molecule has 2 rings (SSSR count). The molecule has 0 radical (unpaired) electrons. The molecule has 0 atom stereocenters. The molecule has 0 fully saturated rings. The van der Waals surface area contributed by atoms with Crippen LogP contribution < -0.4 is 0 Å². The summed E-state index contributed by atoms with van der Waals surface area (Å²) in [4.78, 5) is 17.7. The van der Waals surface area contributed by atoms with Crippen molar-refractivity contribution in [2.75, 3.05) is 0 Å². The lowest BCUT2D eigenvalue weighted by molar-refractivity contribution is 0.0515. The number of hydrogen-bond acceptors (Lipinski definition) is 4. The van der Waals surface area contributed by atoms with E-state index in [2.05, 4.69) is 21.1 Å². The van der Waals surface area contributed by atoms with Crippen LogP contribution in [0.15, 0.2) is 51.4 Å². The number of nitrogens with zero attached hydrogens (tertiary/aromatic N) is 1. The second-order valence-corrected chi connectivity index (χ2v) is 5.31. The summed E-state index contributed by atoms with van der Waals surface area (Å²) in [6.45, 7) is 1.80. The van der Waals surface area contributed by atoms with Crippen LogP contribution in [0.25, 0.3) is 0 Å². The highest BCUT2D eigenvalue weighted by Gasteiger charge is 2.11. The lowest BCUT2D eigenvalue weighted by atomic mass is 10.2. The lowest BCUT2D eigenvalue weighted by Crippen LogP contribution is -2.03. The summed E-state index contributed by atoms with van der Waals surface area (Å²) in [5, 5.41) is 5.79. The van der Waals surface area contributed by atoms with Gasteiger partial charge in [-0.2, -0.15) is 0 Å². The highest BCUT2D eigenvalue weighted by molar-refractivity contribution is 9.10. The number of hydrogen-bond donors (Lipinski definition) is 0. The molecule has 0 spiro atoms. The second-order valence-electron chi connectivity index (χ2n) is 3.51. The van der Waals surface area contributed by atoms with E-state index in [4.69, 9.17) is 4.84 Å². The van der Waals surface area contributed by atoms with Crippen molar-refractivity contribution in [3.8, 4) is 0 Å². The van der Waals surface area contributed by atoms with Crippen LogP contribution in [0.4, 0.5) is 0 Å². The van der Waals surface area contributed by atoms with Gasteiger partial charge in [0, 0.05) is 4.47 Å². The maximum Gasteiger partial charge on any atom is 0.366 e. The number of benzene rings is 1. The third-order valence-corrected chi connectivity index (χ3v) is 3.91. The first-order valence-corrected chi connectivity index (χ1v) is 6.90. The average Bonchev–Trinajstić information content (AvgIpc) is 2.90. The third-order valence-electron chi connectivity index (χ3n) is 2.24. The Morgan fingerprint density at radius 2 is 2.06 bits per heavy atom. The van der Waals surface area contributed by atoms with E-state index < -0.39 is 5.97 Å². The SMILES string of the molecule is C/C(=N/OC(=O)c1ccccc1Br)c1cccs1. The van der Waals surface area contributed by atoms with Crippen molar-refractivity contribution in [1.82, 2.24) is 0 Å². The Hall–Kier alpha value is -1.46. The first-order valence-electron chi connectivity index (χ1n) is 5.23. The van der Waals surface area contributed by atoms with E-state index in [0.717, 1.165) is 4.88 Å². The van der Waals surface area contributed by atoms with Crippen LogP contribution >= 0.6 is 27.3 Å². The van der Waals surface area contributed by atoms with Gasteiger partial charge in [0.1, 0.15) is 0 Å². The van der Waals surface area contributed by atoms with E-state index in [9.17, 15) is 4.79 Å².